The first-order valence-corrected chi connectivity index (χ1v) is 5.35. The lowest BCUT2D eigenvalue weighted by Crippen LogP contribution is -2.32. The van der Waals surface area contributed by atoms with Gasteiger partial charge < -0.3 is 15.2 Å². The number of aliphatic hydroxyl groups is 1. The fourth-order valence-corrected chi connectivity index (χ4v) is 1.39. The number of ether oxygens (including phenoxy) is 1. The van der Waals surface area contributed by atoms with Crippen molar-refractivity contribution in [3.8, 4) is 5.75 Å². The van der Waals surface area contributed by atoms with Gasteiger partial charge in [0.05, 0.1) is 0 Å². The van der Waals surface area contributed by atoms with Crippen molar-refractivity contribution >= 4 is 0 Å². The van der Waals surface area contributed by atoms with Crippen LogP contribution in [0, 0.1) is 12.7 Å². The highest BCUT2D eigenvalue weighted by Gasteiger charge is 2.09. The van der Waals surface area contributed by atoms with Gasteiger partial charge in [0.2, 0.25) is 0 Å². The van der Waals surface area contributed by atoms with Crippen molar-refractivity contribution < 1.29 is 14.2 Å². The molecule has 0 saturated carbocycles. The van der Waals surface area contributed by atoms with Gasteiger partial charge in [-0.1, -0.05) is 12.1 Å². The average Bonchev–Trinajstić information content (AvgIpc) is 2.29. The monoisotopic (exact) mass is 227 g/mol. The molecule has 0 aliphatic carbocycles. The topological polar surface area (TPSA) is 41.5 Å². The zero-order valence-electron chi connectivity index (χ0n) is 9.66. The number of likely N-dealkylation sites (N-methyl/N-ethyl adjacent to an activating group) is 1. The van der Waals surface area contributed by atoms with E-state index < -0.39 is 0 Å². The first-order valence-electron chi connectivity index (χ1n) is 5.35. The van der Waals surface area contributed by atoms with Crippen LogP contribution >= 0.6 is 0 Å². The van der Waals surface area contributed by atoms with E-state index in [4.69, 9.17) is 9.84 Å². The van der Waals surface area contributed by atoms with Crippen molar-refractivity contribution in [1.82, 2.24) is 5.32 Å². The van der Waals surface area contributed by atoms with Crippen LogP contribution in [0.2, 0.25) is 0 Å². The van der Waals surface area contributed by atoms with Crippen LogP contribution < -0.4 is 10.1 Å². The van der Waals surface area contributed by atoms with E-state index in [-0.39, 0.29) is 24.2 Å². The SMILES string of the molecule is CNC(CCO)COc1cccc(C)c1F. The van der Waals surface area contributed by atoms with Gasteiger partial charge in [-0.05, 0) is 32.0 Å². The molecule has 2 N–H and O–H groups in total. The number of hydrogen-bond donors (Lipinski definition) is 2. The highest BCUT2D eigenvalue weighted by molar-refractivity contribution is 5.30. The van der Waals surface area contributed by atoms with Crippen molar-refractivity contribution in [2.24, 2.45) is 0 Å². The van der Waals surface area contributed by atoms with Gasteiger partial charge in [0, 0.05) is 12.6 Å². The van der Waals surface area contributed by atoms with Gasteiger partial charge in [0.15, 0.2) is 11.6 Å². The molecule has 1 rings (SSSR count). The average molecular weight is 227 g/mol. The van der Waals surface area contributed by atoms with Crippen molar-refractivity contribution in [3.63, 3.8) is 0 Å². The van der Waals surface area contributed by atoms with Gasteiger partial charge in [-0.25, -0.2) is 4.39 Å². The van der Waals surface area contributed by atoms with Crippen molar-refractivity contribution in [2.75, 3.05) is 20.3 Å². The van der Waals surface area contributed by atoms with E-state index in [1.807, 2.05) is 0 Å². The molecule has 1 aromatic rings. The Balaban J connectivity index is 2.56. The third-order valence-electron chi connectivity index (χ3n) is 2.48. The quantitative estimate of drug-likeness (QED) is 0.773. The minimum Gasteiger partial charge on any atom is -0.489 e. The number of aryl methyl sites for hydroxylation is 1. The van der Waals surface area contributed by atoms with Crippen LogP contribution in [0.25, 0.3) is 0 Å². The molecule has 0 spiro atoms. The summed E-state index contributed by atoms with van der Waals surface area (Å²) in [6.07, 6.45) is 0.587. The summed E-state index contributed by atoms with van der Waals surface area (Å²) in [4.78, 5) is 0. The van der Waals surface area contributed by atoms with Crippen LogP contribution in [-0.4, -0.2) is 31.4 Å². The number of hydrogen-bond acceptors (Lipinski definition) is 3. The molecule has 90 valence electrons. The Morgan fingerprint density at radius 3 is 2.88 bits per heavy atom. The molecule has 0 fully saturated rings. The van der Waals surface area contributed by atoms with Gasteiger partial charge in [0.1, 0.15) is 6.61 Å². The molecule has 0 aliphatic rings. The van der Waals surface area contributed by atoms with Crippen LogP contribution in [0.4, 0.5) is 4.39 Å². The van der Waals surface area contributed by atoms with E-state index in [2.05, 4.69) is 5.32 Å². The summed E-state index contributed by atoms with van der Waals surface area (Å²) >= 11 is 0. The van der Waals surface area contributed by atoms with E-state index in [0.29, 0.717) is 18.6 Å². The Labute approximate surface area is 95.2 Å². The second-order valence-corrected chi connectivity index (χ2v) is 3.70. The second-order valence-electron chi connectivity index (χ2n) is 3.70. The molecule has 1 aromatic carbocycles. The lowest BCUT2D eigenvalue weighted by molar-refractivity contribution is 0.214. The van der Waals surface area contributed by atoms with E-state index in [9.17, 15) is 4.39 Å². The van der Waals surface area contributed by atoms with Crippen LogP contribution in [0.1, 0.15) is 12.0 Å². The van der Waals surface area contributed by atoms with Gasteiger partial charge in [-0.2, -0.15) is 0 Å². The molecular formula is C12H18FNO2. The maximum absolute atomic E-state index is 13.5. The Morgan fingerprint density at radius 1 is 1.50 bits per heavy atom. The van der Waals surface area contributed by atoms with Gasteiger partial charge in [0.25, 0.3) is 0 Å². The Bertz CT molecular complexity index is 331. The Hall–Kier alpha value is -1.13. The van der Waals surface area contributed by atoms with Crippen LogP contribution in [0.5, 0.6) is 5.75 Å². The molecule has 0 aromatic heterocycles. The summed E-state index contributed by atoms with van der Waals surface area (Å²) < 4.78 is 18.9. The smallest absolute Gasteiger partial charge is 0.167 e. The fourth-order valence-electron chi connectivity index (χ4n) is 1.39. The molecule has 0 radical (unpaired) electrons. The summed E-state index contributed by atoms with van der Waals surface area (Å²) in [6.45, 7) is 2.13. The molecule has 0 saturated heterocycles. The molecule has 0 aliphatic heterocycles. The highest BCUT2D eigenvalue weighted by atomic mass is 19.1. The predicted molar refractivity (Wildman–Crippen MR) is 61.2 cm³/mol. The lowest BCUT2D eigenvalue weighted by atomic mass is 10.2. The second kappa shape index (κ2) is 6.45. The van der Waals surface area contributed by atoms with Crippen LogP contribution in [-0.2, 0) is 0 Å². The van der Waals surface area contributed by atoms with E-state index in [1.54, 1.807) is 32.2 Å². The Kier molecular flexibility index (Phi) is 5.22. The summed E-state index contributed by atoms with van der Waals surface area (Å²) in [6, 6.07) is 5.10. The summed E-state index contributed by atoms with van der Waals surface area (Å²) in [5, 5.41) is 11.8. The number of nitrogens with one attached hydrogen (secondary N) is 1. The molecule has 1 unspecified atom stereocenters. The van der Waals surface area contributed by atoms with E-state index in [1.165, 1.54) is 0 Å². The fraction of sp³-hybridized carbons (Fsp3) is 0.500. The largest absolute Gasteiger partial charge is 0.489 e. The lowest BCUT2D eigenvalue weighted by Gasteiger charge is -2.16. The summed E-state index contributed by atoms with van der Waals surface area (Å²) in [5.41, 5.74) is 0.570. The number of halogens is 1. The highest BCUT2D eigenvalue weighted by Crippen LogP contribution is 2.19. The first-order chi connectivity index (χ1) is 7.69. The molecular weight excluding hydrogens is 209 g/mol. The van der Waals surface area contributed by atoms with E-state index >= 15 is 0 Å². The Morgan fingerprint density at radius 2 is 2.25 bits per heavy atom. The van der Waals surface area contributed by atoms with Crippen LogP contribution in [0.15, 0.2) is 18.2 Å². The molecule has 0 heterocycles. The van der Waals surface area contributed by atoms with Crippen LogP contribution in [0.3, 0.4) is 0 Å². The first kappa shape index (κ1) is 12.9. The van der Waals surface area contributed by atoms with Crippen molar-refractivity contribution in [2.45, 2.75) is 19.4 Å². The minimum atomic E-state index is -0.318. The molecule has 3 nitrogen and oxygen atoms in total. The van der Waals surface area contributed by atoms with E-state index in [0.717, 1.165) is 0 Å². The maximum Gasteiger partial charge on any atom is 0.167 e. The third-order valence-corrected chi connectivity index (χ3v) is 2.48. The molecule has 0 bridgehead atoms. The molecule has 16 heavy (non-hydrogen) atoms. The van der Waals surface area contributed by atoms with Crippen molar-refractivity contribution in [1.29, 1.82) is 0 Å². The minimum absolute atomic E-state index is 0.0323. The maximum atomic E-state index is 13.5. The summed E-state index contributed by atoms with van der Waals surface area (Å²) in [5.74, 6) is -0.0560. The third kappa shape index (κ3) is 3.47. The molecule has 4 heteroatoms. The molecule has 0 amide bonds. The normalized spacial score (nSPS) is 12.5. The standard InChI is InChI=1S/C12H18FNO2/c1-9-4-3-5-11(12(9)13)16-8-10(14-2)6-7-15/h3-5,10,14-15H,6-8H2,1-2H3. The van der Waals surface area contributed by atoms with Gasteiger partial charge in [-0.3, -0.25) is 0 Å². The number of rotatable bonds is 6. The number of benzene rings is 1. The number of aliphatic hydroxyl groups excluding tert-OH is 1. The molecule has 1 atom stereocenters. The zero-order valence-corrected chi connectivity index (χ0v) is 9.66. The van der Waals surface area contributed by atoms with Crippen molar-refractivity contribution in [3.05, 3.63) is 29.6 Å². The van der Waals surface area contributed by atoms with Gasteiger partial charge in [-0.15, -0.1) is 0 Å². The van der Waals surface area contributed by atoms with Gasteiger partial charge >= 0.3 is 0 Å². The zero-order chi connectivity index (χ0) is 12.0. The predicted octanol–water partition coefficient (Wildman–Crippen LogP) is 1.48. The summed E-state index contributed by atoms with van der Waals surface area (Å²) in [7, 11) is 1.79.